The zero-order valence-electron chi connectivity index (χ0n) is 8.20. The Balaban J connectivity index is 2.49. The summed E-state index contributed by atoms with van der Waals surface area (Å²) < 4.78 is 0. The van der Waals surface area contributed by atoms with Gasteiger partial charge in [0.25, 0.3) is 0 Å². The molecule has 0 heterocycles. The number of hydrogen-bond donors (Lipinski definition) is 2. The average molecular weight is 190 g/mol. The van der Waals surface area contributed by atoms with Crippen molar-refractivity contribution in [3.8, 4) is 6.07 Å². The Hall–Kier alpha value is -1.37. The lowest BCUT2D eigenvalue weighted by atomic mass is 10.1. The molecule has 0 radical (unpaired) electrons. The molecular formula is C11H14N2O. The van der Waals surface area contributed by atoms with Crippen LogP contribution in [0.1, 0.15) is 18.1 Å². The summed E-state index contributed by atoms with van der Waals surface area (Å²) in [4.78, 5) is 0. The second-order valence-electron chi connectivity index (χ2n) is 3.27. The number of aliphatic hydroxyl groups is 1. The van der Waals surface area contributed by atoms with Crippen LogP contribution in [0, 0.1) is 11.3 Å². The molecule has 2 N–H and O–H groups in total. The van der Waals surface area contributed by atoms with Gasteiger partial charge >= 0.3 is 0 Å². The van der Waals surface area contributed by atoms with Crippen LogP contribution in [0.4, 0.5) is 0 Å². The summed E-state index contributed by atoms with van der Waals surface area (Å²) >= 11 is 0. The second kappa shape index (κ2) is 5.38. The van der Waals surface area contributed by atoms with Crippen LogP contribution in [0.3, 0.4) is 0 Å². The highest BCUT2D eigenvalue weighted by atomic mass is 16.3. The topological polar surface area (TPSA) is 56.0 Å². The van der Waals surface area contributed by atoms with Crippen molar-refractivity contribution in [1.29, 1.82) is 5.26 Å². The van der Waals surface area contributed by atoms with Crippen LogP contribution in [0.15, 0.2) is 24.3 Å². The van der Waals surface area contributed by atoms with Crippen molar-refractivity contribution in [1.82, 2.24) is 5.32 Å². The second-order valence-corrected chi connectivity index (χ2v) is 3.27. The van der Waals surface area contributed by atoms with Gasteiger partial charge in [0.2, 0.25) is 0 Å². The van der Waals surface area contributed by atoms with Crippen molar-refractivity contribution in [2.45, 2.75) is 19.5 Å². The Labute approximate surface area is 84.0 Å². The molecule has 0 amide bonds. The fraction of sp³-hybridized carbons (Fsp3) is 0.364. The third kappa shape index (κ3) is 3.17. The molecule has 74 valence electrons. The maximum absolute atomic E-state index is 8.79. The lowest BCUT2D eigenvalue weighted by Crippen LogP contribution is -2.28. The molecule has 0 aliphatic rings. The largest absolute Gasteiger partial charge is 0.395 e. The number of nitrogens with zero attached hydrogens (tertiary/aromatic N) is 1. The minimum atomic E-state index is 0.102. The zero-order valence-corrected chi connectivity index (χ0v) is 8.20. The summed E-state index contributed by atoms with van der Waals surface area (Å²) in [6, 6.07) is 9.58. The van der Waals surface area contributed by atoms with Crippen LogP contribution >= 0.6 is 0 Å². The Morgan fingerprint density at radius 2 is 2.07 bits per heavy atom. The van der Waals surface area contributed by atoms with Crippen molar-refractivity contribution in [3.05, 3.63) is 35.4 Å². The summed E-state index contributed by atoms with van der Waals surface area (Å²) in [6.45, 7) is 2.77. The van der Waals surface area contributed by atoms with Gasteiger partial charge in [-0.15, -0.1) is 0 Å². The Morgan fingerprint density at radius 3 is 2.57 bits per heavy atom. The number of nitrogens with one attached hydrogen (secondary N) is 1. The fourth-order valence-electron chi connectivity index (χ4n) is 1.05. The number of hydrogen-bond acceptors (Lipinski definition) is 3. The predicted octanol–water partition coefficient (Wildman–Crippen LogP) is 1.03. The summed E-state index contributed by atoms with van der Waals surface area (Å²) in [6.07, 6.45) is 0. The fourth-order valence-corrected chi connectivity index (χ4v) is 1.05. The maximum Gasteiger partial charge on any atom is 0.0991 e. The minimum absolute atomic E-state index is 0.102. The van der Waals surface area contributed by atoms with E-state index in [1.807, 2.05) is 19.1 Å². The maximum atomic E-state index is 8.79. The molecule has 1 rings (SSSR count). The van der Waals surface area contributed by atoms with E-state index in [0.29, 0.717) is 12.1 Å². The van der Waals surface area contributed by atoms with Gasteiger partial charge in [-0.1, -0.05) is 12.1 Å². The van der Waals surface area contributed by atoms with E-state index >= 15 is 0 Å². The summed E-state index contributed by atoms with van der Waals surface area (Å²) in [5.74, 6) is 0. The lowest BCUT2D eigenvalue weighted by molar-refractivity contribution is 0.251. The van der Waals surface area contributed by atoms with Crippen LogP contribution in [-0.4, -0.2) is 17.8 Å². The van der Waals surface area contributed by atoms with E-state index in [2.05, 4.69) is 11.4 Å². The first kappa shape index (κ1) is 10.7. The molecule has 3 nitrogen and oxygen atoms in total. The summed E-state index contributed by atoms with van der Waals surface area (Å²) in [7, 11) is 0. The highest BCUT2D eigenvalue weighted by Gasteiger charge is 1.98. The summed E-state index contributed by atoms with van der Waals surface area (Å²) in [5.41, 5.74) is 1.79. The first-order valence-electron chi connectivity index (χ1n) is 4.59. The van der Waals surface area contributed by atoms with E-state index in [1.165, 1.54) is 0 Å². The lowest BCUT2D eigenvalue weighted by Gasteiger charge is -2.10. The van der Waals surface area contributed by atoms with Gasteiger partial charge in [0, 0.05) is 12.6 Å². The van der Waals surface area contributed by atoms with Gasteiger partial charge in [0.15, 0.2) is 0 Å². The van der Waals surface area contributed by atoms with E-state index < -0.39 is 0 Å². The average Bonchev–Trinajstić information content (AvgIpc) is 2.26. The monoisotopic (exact) mass is 190 g/mol. The van der Waals surface area contributed by atoms with Gasteiger partial charge in [0.05, 0.1) is 18.2 Å². The molecule has 0 aromatic heterocycles. The number of benzene rings is 1. The number of nitriles is 1. The third-order valence-electron chi connectivity index (χ3n) is 2.01. The minimum Gasteiger partial charge on any atom is -0.395 e. The Morgan fingerprint density at radius 1 is 1.43 bits per heavy atom. The van der Waals surface area contributed by atoms with Crippen LogP contribution in [0.2, 0.25) is 0 Å². The molecule has 14 heavy (non-hydrogen) atoms. The molecule has 1 aromatic rings. The zero-order chi connectivity index (χ0) is 10.4. The van der Waals surface area contributed by atoms with E-state index in [1.54, 1.807) is 12.1 Å². The quantitative estimate of drug-likeness (QED) is 0.745. The van der Waals surface area contributed by atoms with Crippen LogP contribution in [-0.2, 0) is 6.54 Å². The highest BCUT2D eigenvalue weighted by Crippen LogP contribution is 2.02. The Kier molecular flexibility index (Phi) is 4.11. The van der Waals surface area contributed by atoms with Crippen molar-refractivity contribution in [3.63, 3.8) is 0 Å². The molecule has 0 bridgehead atoms. The van der Waals surface area contributed by atoms with Gasteiger partial charge < -0.3 is 10.4 Å². The third-order valence-corrected chi connectivity index (χ3v) is 2.01. The molecule has 0 saturated carbocycles. The number of rotatable bonds is 4. The van der Waals surface area contributed by atoms with Crippen LogP contribution < -0.4 is 5.32 Å². The van der Waals surface area contributed by atoms with E-state index in [0.717, 1.165) is 5.56 Å². The van der Waals surface area contributed by atoms with Crippen molar-refractivity contribution >= 4 is 0 Å². The molecule has 0 spiro atoms. The van der Waals surface area contributed by atoms with Gasteiger partial charge in [-0.3, -0.25) is 0 Å². The van der Waals surface area contributed by atoms with Gasteiger partial charge in [-0.2, -0.15) is 5.26 Å². The molecule has 0 aliphatic heterocycles. The van der Waals surface area contributed by atoms with Crippen molar-refractivity contribution in [2.24, 2.45) is 0 Å². The van der Waals surface area contributed by atoms with E-state index in [4.69, 9.17) is 10.4 Å². The van der Waals surface area contributed by atoms with E-state index in [-0.39, 0.29) is 12.6 Å². The standard InChI is InChI=1S/C11H14N2O/c1-9(8-14)13-7-11-4-2-10(6-12)3-5-11/h2-5,9,13-14H,7-8H2,1H3/t9-/m1/s1. The molecule has 0 fully saturated rings. The predicted molar refractivity (Wildman–Crippen MR) is 54.5 cm³/mol. The summed E-state index contributed by atoms with van der Waals surface area (Å²) in [5, 5.41) is 20.5. The van der Waals surface area contributed by atoms with Gasteiger partial charge in [-0.05, 0) is 24.6 Å². The Bertz CT molecular complexity index is 313. The van der Waals surface area contributed by atoms with Crippen molar-refractivity contribution < 1.29 is 5.11 Å². The molecule has 0 unspecified atom stereocenters. The first-order valence-corrected chi connectivity index (χ1v) is 4.59. The van der Waals surface area contributed by atoms with Gasteiger partial charge in [-0.25, -0.2) is 0 Å². The SMILES string of the molecule is C[C@H](CO)NCc1ccc(C#N)cc1. The molecular weight excluding hydrogens is 176 g/mol. The molecule has 0 saturated heterocycles. The smallest absolute Gasteiger partial charge is 0.0991 e. The van der Waals surface area contributed by atoms with Crippen molar-refractivity contribution in [2.75, 3.05) is 6.61 Å². The first-order chi connectivity index (χ1) is 6.76. The van der Waals surface area contributed by atoms with Gasteiger partial charge in [0.1, 0.15) is 0 Å². The highest BCUT2D eigenvalue weighted by molar-refractivity contribution is 5.31. The van der Waals surface area contributed by atoms with E-state index in [9.17, 15) is 0 Å². The molecule has 3 heteroatoms. The number of aliphatic hydroxyl groups excluding tert-OH is 1. The molecule has 0 aliphatic carbocycles. The van der Waals surface area contributed by atoms with Crippen LogP contribution in [0.5, 0.6) is 0 Å². The van der Waals surface area contributed by atoms with Crippen LogP contribution in [0.25, 0.3) is 0 Å². The molecule has 1 aromatic carbocycles. The normalized spacial score (nSPS) is 12.1. The molecule has 1 atom stereocenters.